The summed E-state index contributed by atoms with van der Waals surface area (Å²) in [5.74, 6) is 1.07. The molecule has 0 aromatic heterocycles. The molecular formula is C23H26N2O3. The fourth-order valence-corrected chi connectivity index (χ4v) is 4.18. The standard InChI is InChI=1S/C23H26N2O3/c1-2-28-20-13-9-17(10-14-20)21-5-3-16-25(21)23(27)18-7-11-19(12-8-18)24-15-4-6-22(24)26/h7-14,21H,2-6,15-16H2,1H3. The number of amides is 2. The molecule has 0 radical (unpaired) electrons. The summed E-state index contributed by atoms with van der Waals surface area (Å²) in [6, 6.07) is 15.6. The van der Waals surface area contributed by atoms with Crippen molar-refractivity contribution in [1.82, 2.24) is 4.90 Å². The fraction of sp³-hybridized carbons (Fsp3) is 0.391. The molecule has 1 unspecified atom stereocenters. The van der Waals surface area contributed by atoms with Gasteiger partial charge in [0.2, 0.25) is 5.91 Å². The molecule has 28 heavy (non-hydrogen) atoms. The number of benzene rings is 2. The van der Waals surface area contributed by atoms with Gasteiger partial charge in [0.15, 0.2) is 0 Å². The van der Waals surface area contributed by atoms with Crippen molar-refractivity contribution in [3.8, 4) is 5.75 Å². The Labute approximate surface area is 165 Å². The van der Waals surface area contributed by atoms with Crippen LogP contribution in [0.1, 0.15) is 54.6 Å². The van der Waals surface area contributed by atoms with Crippen molar-refractivity contribution in [2.24, 2.45) is 0 Å². The van der Waals surface area contributed by atoms with E-state index in [4.69, 9.17) is 4.74 Å². The van der Waals surface area contributed by atoms with Crippen LogP contribution in [0.2, 0.25) is 0 Å². The van der Waals surface area contributed by atoms with Crippen molar-refractivity contribution in [3.63, 3.8) is 0 Å². The molecule has 2 saturated heterocycles. The lowest BCUT2D eigenvalue weighted by molar-refractivity contribution is -0.117. The lowest BCUT2D eigenvalue weighted by atomic mass is 10.0. The Kier molecular flexibility index (Phi) is 5.33. The van der Waals surface area contributed by atoms with E-state index in [0.717, 1.165) is 49.4 Å². The molecule has 2 amide bonds. The van der Waals surface area contributed by atoms with Gasteiger partial charge in [0.1, 0.15) is 5.75 Å². The first-order chi connectivity index (χ1) is 13.7. The molecule has 2 aliphatic rings. The molecule has 0 aliphatic carbocycles. The van der Waals surface area contributed by atoms with E-state index in [1.54, 1.807) is 4.90 Å². The highest BCUT2D eigenvalue weighted by Crippen LogP contribution is 2.34. The third-order valence-corrected chi connectivity index (χ3v) is 5.59. The van der Waals surface area contributed by atoms with Gasteiger partial charge in [0.25, 0.3) is 5.91 Å². The van der Waals surface area contributed by atoms with Gasteiger partial charge in [-0.1, -0.05) is 12.1 Å². The molecule has 2 aliphatic heterocycles. The van der Waals surface area contributed by atoms with Crippen LogP contribution in [-0.2, 0) is 4.79 Å². The van der Waals surface area contributed by atoms with Gasteiger partial charge in [-0.25, -0.2) is 0 Å². The topological polar surface area (TPSA) is 49.9 Å². The Bertz CT molecular complexity index is 845. The summed E-state index contributed by atoms with van der Waals surface area (Å²) in [5.41, 5.74) is 2.70. The van der Waals surface area contributed by atoms with Crippen LogP contribution in [0, 0.1) is 0 Å². The summed E-state index contributed by atoms with van der Waals surface area (Å²) in [4.78, 5) is 28.8. The van der Waals surface area contributed by atoms with Crippen molar-refractivity contribution in [1.29, 1.82) is 0 Å². The van der Waals surface area contributed by atoms with Crippen LogP contribution in [0.5, 0.6) is 5.75 Å². The zero-order valence-corrected chi connectivity index (χ0v) is 16.3. The summed E-state index contributed by atoms with van der Waals surface area (Å²) >= 11 is 0. The van der Waals surface area contributed by atoms with E-state index in [0.29, 0.717) is 18.6 Å². The Morgan fingerprint density at radius 2 is 1.79 bits per heavy atom. The Balaban J connectivity index is 1.49. The molecule has 2 fully saturated rings. The van der Waals surface area contributed by atoms with E-state index in [-0.39, 0.29) is 17.9 Å². The molecule has 0 saturated carbocycles. The minimum Gasteiger partial charge on any atom is -0.494 e. The minimum atomic E-state index is 0.0516. The molecule has 5 nitrogen and oxygen atoms in total. The number of rotatable bonds is 5. The van der Waals surface area contributed by atoms with E-state index in [2.05, 4.69) is 12.1 Å². The van der Waals surface area contributed by atoms with Crippen LogP contribution in [-0.4, -0.2) is 36.4 Å². The van der Waals surface area contributed by atoms with Gasteiger partial charge in [-0.3, -0.25) is 9.59 Å². The number of likely N-dealkylation sites (tertiary alicyclic amines) is 1. The fourth-order valence-electron chi connectivity index (χ4n) is 4.18. The van der Waals surface area contributed by atoms with Crippen molar-refractivity contribution in [2.45, 2.75) is 38.6 Å². The highest BCUT2D eigenvalue weighted by molar-refractivity contribution is 5.97. The third-order valence-electron chi connectivity index (χ3n) is 5.59. The predicted molar refractivity (Wildman–Crippen MR) is 109 cm³/mol. The van der Waals surface area contributed by atoms with Gasteiger partial charge in [-0.15, -0.1) is 0 Å². The summed E-state index contributed by atoms with van der Waals surface area (Å²) in [6.45, 7) is 4.14. The SMILES string of the molecule is CCOc1ccc(C2CCCN2C(=O)c2ccc(N3CCCC3=O)cc2)cc1. The number of nitrogens with zero attached hydrogens (tertiary/aromatic N) is 2. The largest absolute Gasteiger partial charge is 0.494 e. The lowest BCUT2D eigenvalue weighted by Gasteiger charge is -2.25. The average Bonchev–Trinajstić information content (AvgIpc) is 3.38. The van der Waals surface area contributed by atoms with E-state index in [1.807, 2.05) is 48.2 Å². The highest BCUT2D eigenvalue weighted by atomic mass is 16.5. The molecule has 4 rings (SSSR count). The van der Waals surface area contributed by atoms with Gasteiger partial charge >= 0.3 is 0 Å². The molecule has 2 aromatic carbocycles. The van der Waals surface area contributed by atoms with Crippen LogP contribution >= 0.6 is 0 Å². The molecule has 2 aromatic rings. The first-order valence-corrected chi connectivity index (χ1v) is 10.1. The average molecular weight is 378 g/mol. The number of ether oxygens (including phenoxy) is 1. The van der Waals surface area contributed by atoms with E-state index < -0.39 is 0 Å². The van der Waals surface area contributed by atoms with Gasteiger partial charge < -0.3 is 14.5 Å². The number of hydrogen-bond donors (Lipinski definition) is 0. The maximum Gasteiger partial charge on any atom is 0.254 e. The minimum absolute atomic E-state index is 0.0516. The van der Waals surface area contributed by atoms with Crippen molar-refractivity contribution in [3.05, 3.63) is 59.7 Å². The van der Waals surface area contributed by atoms with Gasteiger partial charge in [0.05, 0.1) is 12.6 Å². The van der Waals surface area contributed by atoms with Crippen molar-refractivity contribution in [2.75, 3.05) is 24.6 Å². The van der Waals surface area contributed by atoms with Crippen LogP contribution in [0.4, 0.5) is 5.69 Å². The van der Waals surface area contributed by atoms with Crippen LogP contribution in [0.3, 0.4) is 0 Å². The Hall–Kier alpha value is -2.82. The highest BCUT2D eigenvalue weighted by Gasteiger charge is 2.31. The van der Waals surface area contributed by atoms with Crippen LogP contribution < -0.4 is 9.64 Å². The second kappa shape index (κ2) is 8.05. The van der Waals surface area contributed by atoms with Crippen molar-refractivity contribution >= 4 is 17.5 Å². The monoisotopic (exact) mass is 378 g/mol. The van der Waals surface area contributed by atoms with Gasteiger partial charge in [0, 0.05) is 30.8 Å². The number of anilines is 1. The van der Waals surface area contributed by atoms with Gasteiger partial charge in [-0.2, -0.15) is 0 Å². The first-order valence-electron chi connectivity index (χ1n) is 10.1. The van der Waals surface area contributed by atoms with E-state index in [1.165, 1.54) is 0 Å². The molecule has 146 valence electrons. The summed E-state index contributed by atoms with van der Waals surface area (Å²) < 4.78 is 5.52. The second-order valence-electron chi connectivity index (χ2n) is 7.35. The van der Waals surface area contributed by atoms with Gasteiger partial charge in [-0.05, 0) is 68.1 Å². The van der Waals surface area contributed by atoms with Crippen molar-refractivity contribution < 1.29 is 14.3 Å². The number of hydrogen-bond acceptors (Lipinski definition) is 3. The molecule has 0 N–H and O–H groups in total. The molecule has 0 bridgehead atoms. The smallest absolute Gasteiger partial charge is 0.254 e. The molecule has 0 spiro atoms. The molecule has 5 heteroatoms. The molecule has 1 atom stereocenters. The first kappa shape index (κ1) is 18.5. The lowest BCUT2D eigenvalue weighted by Crippen LogP contribution is -2.30. The Morgan fingerprint density at radius 3 is 2.43 bits per heavy atom. The third kappa shape index (κ3) is 3.61. The predicted octanol–water partition coefficient (Wildman–Crippen LogP) is 4.19. The zero-order valence-electron chi connectivity index (χ0n) is 16.3. The molecule has 2 heterocycles. The summed E-state index contributed by atoms with van der Waals surface area (Å²) in [6.07, 6.45) is 3.49. The van der Waals surface area contributed by atoms with E-state index in [9.17, 15) is 9.59 Å². The maximum absolute atomic E-state index is 13.1. The zero-order chi connectivity index (χ0) is 19.5. The summed E-state index contributed by atoms with van der Waals surface area (Å²) in [5, 5.41) is 0. The number of carbonyl (C=O) groups is 2. The Morgan fingerprint density at radius 1 is 1.04 bits per heavy atom. The van der Waals surface area contributed by atoms with Crippen LogP contribution in [0.25, 0.3) is 0 Å². The summed E-state index contributed by atoms with van der Waals surface area (Å²) in [7, 11) is 0. The normalized spacial score (nSPS) is 19.3. The van der Waals surface area contributed by atoms with E-state index >= 15 is 0 Å². The quantitative estimate of drug-likeness (QED) is 0.784. The maximum atomic E-state index is 13.1. The van der Waals surface area contributed by atoms with Crippen LogP contribution in [0.15, 0.2) is 48.5 Å². The second-order valence-corrected chi connectivity index (χ2v) is 7.35. The number of carbonyl (C=O) groups excluding carboxylic acids is 2. The molecular weight excluding hydrogens is 352 g/mol.